The molecular formula is C17H22N2O2. The van der Waals surface area contributed by atoms with E-state index in [2.05, 4.69) is 17.4 Å². The highest BCUT2D eigenvalue weighted by molar-refractivity contribution is 5.85. The molecular weight excluding hydrogens is 264 g/mol. The van der Waals surface area contributed by atoms with Crippen molar-refractivity contribution in [3.05, 3.63) is 35.9 Å². The molecule has 2 aliphatic rings. The van der Waals surface area contributed by atoms with Crippen LogP contribution in [0, 0.1) is 5.92 Å². The van der Waals surface area contributed by atoms with Gasteiger partial charge in [0.1, 0.15) is 5.78 Å². The topological polar surface area (TPSA) is 49.4 Å². The zero-order chi connectivity index (χ0) is 14.7. The fourth-order valence-electron chi connectivity index (χ4n) is 3.42. The van der Waals surface area contributed by atoms with Crippen LogP contribution in [0.25, 0.3) is 0 Å². The van der Waals surface area contributed by atoms with E-state index in [-0.39, 0.29) is 23.5 Å². The van der Waals surface area contributed by atoms with Gasteiger partial charge < -0.3 is 10.2 Å². The monoisotopic (exact) mass is 286 g/mol. The van der Waals surface area contributed by atoms with Gasteiger partial charge in [0.25, 0.3) is 0 Å². The summed E-state index contributed by atoms with van der Waals surface area (Å²) in [6, 6.07) is 10.3. The smallest absolute Gasteiger partial charge is 0.226 e. The van der Waals surface area contributed by atoms with Gasteiger partial charge >= 0.3 is 0 Å². The molecule has 4 heteroatoms. The molecule has 0 radical (unpaired) electrons. The quantitative estimate of drug-likeness (QED) is 0.898. The Morgan fingerprint density at radius 3 is 2.57 bits per heavy atom. The molecule has 0 aromatic heterocycles. The van der Waals surface area contributed by atoms with E-state index in [9.17, 15) is 9.59 Å². The lowest BCUT2D eigenvalue weighted by Crippen LogP contribution is -2.47. The second-order valence-corrected chi connectivity index (χ2v) is 5.98. The van der Waals surface area contributed by atoms with Gasteiger partial charge in [0, 0.05) is 44.3 Å². The first-order chi connectivity index (χ1) is 10.3. The van der Waals surface area contributed by atoms with Crippen LogP contribution in [-0.2, 0) is 9.59 Å². The van der Waals surface area contributed by atoms with Crippen LogP contribution >= 0.6 is 0 Å². The number of piperidine rings is 2. The maximum atomic E-state index is 12.8. The minimum absolute atomic E-state index is 0.0434. The van der Waals surface area contributed by atoms with E-state index in [1.807, 2.05) is 23.1 Å². The number of carbonyl (C=O) groups is 2. The van der Waals surface area contributed by atoms with Gasteiger partial charge in [-0.3, -0.25) is 9.59 Å². The van der Waals surface area contributed by atoms with E-state index in [1.54, 1.807) is 0 Å². The molecule has 3 rings (SSSR count). The third kappa shape index (κ3) is 3.16. The molecule has 0 saturated carbocycles. The average Bonchev–Trinajstić information content (AvgIpc) is 2.56. The lowest BCUT2D eigenvalue weighted by atomic mass is 9.80. The number of nitrogens with one attached hydrogen (secondary N) is 1. The standard InChI is InChI=1S/C17H22N2O2/c20-14-7-10-19(11-8-14)17(21)15-6-9-18-12-16(15)13-4-2-1-3-5-13/h1-5,15-16,18H,6-12H2/t15-,16+/m1/s1. The maximum Gasteiger partial charge on any atom is 0.226 e. The number of nitrogens with zero attached hydrogens (tertiary/aromatic N) is 1. The maximum absolute atomic E-state index is 12.8. The van der Waals surface area contributed by atoms with Crippen molar-refractivity contribution in [2.75, 3.05) is 26.2 Å². The minimum atomic E-state index is 0.0434. The number of hydrogen-bond donors (Lipinski definition) is 1. The van der Waals surface area contributed by atoms with Crippen LogP contribution in [0.2, 0.25) is 0 Å². The Kier molecular flexibility index (Phi) is 4.34. The lowest BCUT2D eigenvalue weighted by Gasteiger charge is -2.36. The van der Waals surface area contributed by atoms with Crippen LogP contribution in [0.4, 0.5) is 0 Å². The van der Waals surface area contributed by atoms with E-state index in [0.717, 1.165) is 19.5 Å². The molecule has 2 atom stereocenters. The first-order valence-electron chi connectivity index (χ1n) is 7.82. The Bertz CT molecular complexity index is 505. The molecule has 0 aliphatic carbocycles. The van der Waals surface area contributed by atoms with Gasteiger partial charge in [0.05, 0.1) is 0 Å². The van der Waals surface area contributed by atoms with Crippen LogP contribution in [0.3, 0.4) is 0 Å². The summed E-state index contributed by atoms with van der Waals surface area (Å²) in [4.78, 5) is 26.1. The Morgan fingerprint density at radius 1 is 1.14 bits per heavy atom. The number of likely N-dealkylation sites (tertiary alicyclic amines) is 1. The van der Waals surface area contributed by atoms with Crippen LogP contribution in [0.15, 0.2) is 30.3 Å². The van der Waals surface area contributed by atoms with Gasteiger partial charge in [0.2, 0.25) is 5.91 Å². The van der Waals surface area contributed by atoms with Crippen molar-refractivity contribution in [3.63, 3.8) is 0 Å². The Balaban J connectivity index is 1.75. The van der Waals surface area contributed by atoms with E-state index >= 15 is 0 Å². The fourth-order valence-corrected chi connectivity index (χ4v) is 3.42. The molecule has 112 valence electrons. The Morgan fingerprint density at radius 2 is 1.86 bits per heavy atom. The molecule has 1 N–H and O–H groups in total. The Labute approximate surface area is 125 Å². The molecule has 1 aromatic rings. The number of ketones is 1. The van der Waals surface area contributed by atoms with Crippen molar-refractivity contribution in [2.24, 2.45) is 5.92 Å². The number of amides is 1. The van der Waals surface area contributed by atoms with Crippen molar-refractivity contribution in [1.29, 1.82) is 0 Å². The number of hydrogen-bond acceptors (Lipinski definition) is 3. The van der Waals surface area contributed by atoms with Gasteiger partial charge in [-0.2, -0.15) is 0 Å². The molecule has 2 fully saturated rings. The second-order valence-electron chi connectivity index (χ2n) is 5.98. The zero-order valence-electron chi connectivity index (χ0n) is 12.3. The molecule has 2 heterocycles. The molecule has 21 heavy (non-hydrogen) atoms. The van der Waals surface area contributed by atoms with Crippen LogP contribution in [-0.4, -0.2) is 42.8 Å². The summed E-state index contributed by atoms with van der Waals surface area (Å²) in [6.07, 6.45) is 1.92. The summed E-state index contributed by atoms with van der Waals surface area (Å²) >= 11 is 0. The van der Waals surface area contributed by atoms with Crippen LogP contribution in [0.1, 0.15) is 30.7 Å². The number of rotatable bonds is 2. The fraction of sp³-hybridized carbons (Fsp3) is 0.529. The van der Waals surface area contributed by atoms with Crippen LogP contribution < -0.4 is 5.32 Å². The molecule has 1 amide bonds. The summed E-state index contributed by atoms with van der Waals surface area (Å²) in [7, 11) is 0. The predicted molar refractivity (Wildman–Crippen MR) is 81.0 cm³/mol. The molecule has 1 aromatic carbocycles. The second kappa shape index (κ2) is 6.39. The molecule has 0 unspecified atom stereocenters. The normalized spacial score (nSPS) is 26.7. The van der Waals surface area contributed by atoms with Gasteiger partial charge in [-0.1, -0.05) is 30.3 Å². The molecule has 2 aliphatic heterocycles. The number of Topliss-reactive ketones (excluding diaryl/α,β-unsaturated/α-hetero) is 1. The average molecular weight is 286 g/mol. The van der Waals surface area contributed by atoms with Gasteiger partial charge in [-0.05, 0) is 18.5 Å². The SMILES string of the molecule is O=C1CCN(C(=O)[C@@H]2CCNC[C@H]2c2ccccc2)CC1. The van der Waals surface area contributed by atoms with Crippen molar-refractivity contribution >= 4 is 11.7 Å². The van der Waals surface area contributed by atoms with Gasteiger partial charge in [0.15, 0.2) is 0 Å². The van der Waals surface area contributed by atoms with Crippen molar-refractivity contribution in [3.8, 4) is 0 Å². The van der Waals surface area contributed by atoms with E-state index in [0.29, 0.717) is 25.9 Å². The van der Waals surface area contributed by atoms with E-state index in [4.69, 9.17) is 0 Å². The first-order valence-corrected chi connectivity index (χ1v) is 7.82. The molecule has 0 spiro atoms. The summed E-state index contributed by atoms with van der Waals surface area (Å²) in [6.45, 7) is 2.95. The van der Waals surface area contributed by atoms with E-state index in [1.165, 1.54) is 5.56 Å². The molecule has 4 nitrogen and oxygen atoms in total. The first kappa shape index (κ1) is 14.3. The molecule has 2 saturated heterocycles. The summed E-state index contributed by atoms with van der Waals surface area (Å²) in [5.41, 5.74) is 1.23. The minimum Gasteiger partial charge on any atom is -0.342 e. The van der Waals surface area contributed by atoms with Crippen molar-refractivity contribution in [2.45, 2.75) is 25.2 Å². The predicted octanol–water partition coefficient (Wildman–Crippen LogP) is 1.57. The highest BCUT2D eigenvalue weighted by Gasteiger charge is 2.35. The highest BCUT2D eigenvalue weighted by atomic mass is 16.2. The van der Waals surface area contributed by atoms with E-state index < -0.39 is 0 Å². The van der Waals surface area contributed by atoms with Gasteiger partial charge in [-0.25, -0.2) is 0 Å². The van der Waals surface area contributed by atoms with Crippen molar-refractivity contribution in [1.82, 2.24) is 10.2 Å². The van der Waals surface area contributed by atoms with Crippen LogP contribution in [0.5, 0.6) is 0 Å². The number of carbonyl (C=O) groups excluding carboxylic acids is 2. The van der Waals surface area contributed by atoms with Gasteiger partial charge in [-0.15, -0.1) is 0 Å². The summed E-state index contributed by atoms with van der Waals surface area (Å²) in [5.74, 6) is 0.800. The molecule has 0 bridgehead atoms. The zero-order valence-corrected chi connectivity index (χ0v) is 12.3. The summed E-state index contributed by atoms with van der Waals surface area (Å²) < 4.78 is 0. The number of benzene rings is 1. The lowest BCUT2D eigenvalue weighted by molar-refractivity contribution is -0.139. The highest BCUT2D eigenvalue weighted by Crippen LogP contribution is 2.31. The van der Waals surface area contributed by atoms with Crippen molar-refractivity contribution < 1.29 is 9.59 Å². The Hall–Kier alpha value is -1.68. The largest absolute Gasteiger partial charge is 0.342 e. The third-order valence-electron chi connectivity index (χ3n) is 4.66. The third-order valence-corrected chi connectivity index (χ3v) is 4.66. The summed E-state index contributed by atoms with van der Waals surface area (Å²) in [5, 5.41) is 3.40.